The average molecular weight is 275 g/mol. The summed E-state index contributed by atoms with van der Waals surface area (Å²) in [5.41, 5.74) is 3.78. The van der Waals surface area contributed by atoms with Gasteiger partial charge in [0.05, 0.1) is 17.3 Å². The maximum absolute atomic E-state index is 8.73. The smallest absolute Gasteiger partial charge is 0.131 e. The lowest BCUT2D eigenvalue weighted by molar-refractivity contribution is 0.690. The summed E-state index contributed by atoms with van der Waals surface area (Å²) in [6.45, 7) is 3.36. The van der Waals surface area contributed by atoms with E-state index in [0.717, 1.165) is 23.4 Å². The molecule has 4 nitrogen and oxygen atoms in total. The number of halogens is 1. The summed E-state index contributed by atoms with van der Waals surface area (Å²) < 4.78 is 1.68. The van der Waals surface area contributed by atoms with E-state index in [1.807, 2.05) is 38.2 Å². The first-order chi connectivity index (χ1) is 9.11. The fourth-order valence-electron chi connectivity index (χ4n) is 1.90. The second-order valence-corrected chi connectivity index (χ2v) is 4.75. The van der Waals surface area contributed by atoms with E-state index in [2.05, 4.69) is 16.5 Å². The molecule has 98 valence electrons. The lowest BCUT2D eigenvalue weighted by Crippen LogP contribution is -2.13. The van der Waals surface area contributed by atoms with Crippen LogP contribution < -0.4 is 5.32 Å². The minimum Gasteiger partial charge on any atom is -0.308 e. The van der Waals surface area contributed by atoms with Crippen LogP contribution in [0.3, 0.4) is 0 Å². The van der Waals surface area contributed by atoms with E-state index >= 15 is 0 Å². The van der Waals surface area contributed by atoms with Crippen molar-refractivity contribution in [3.05, 3.63) is 51.8 Å². The maximum Gasteiger partial charge on any atom is 0.131 e. The van der Waals surface area contributed by atoms with Crippen molar-refractivity contribution in [1.82, 2.24) is 15.1 Å². The van der Waals surface area contributed by atoms with Gasteiger partial charge in [0.2, 0.25) is 0 Å². The first-order valence-corrected chi connectivity index (χ1v) is 6.37. The van der Waals surface area contributed by atoms with Crippen LogP contribution in [-0.4, -0.2) is 9.78 Å². The van der Waals surface area contributed by atoms with E-state index in [-0.39, 0.29) is 0 Å². The Bertz CT molecular complexity index is 608. The largest absolute Gasteiger partial charge is 0.308 e. The molecular weight excluding hydrogens is 260 g/mol. The molecule has 1 N–H and O–H groups in total. The molecule has 2 rings (SSSR count). The van der Waals surface area contributed by atoms with Crippen LogP contribution in [0.1, 0.15) is 22.4 Å². The molecule has 0 spiro atoms. The Balaban J connectivity index is 1.94. The Morgan fingerprint density at radius 3 is 2.53 bits per heavy atom. The monoisotopic (exact) mass is 274 g/mol. The number of benzene rings is 1. The molecule has 0 radical (unpaired) electrons. The summed E-state index contributed by atoms with van der Waals surface area (Å²) >= 11 is 6.16. The lowest BCUT2D eigenvalue weighted by atomic mass is 10.1. The minimum absolute atomic E-state index is 0.671. The Kier molecular flexibility index (Phi) is 4.20. The van der Waals surface area contributed by atoms with Crippen molar-refractivity contribution in [1.29, 1.82) is 5.26 Å². The topological polar surface area (TPSA) is 53.6 Å². The summed E-state index contributed by atoms with van der Waals surface area (Å²) in [6, 6.07) is 9.64. The number of hydrogen-bond acceptors (Lipinski definition) is 3. The Hall–Kier alpha value is -1.83. The Morgan fingerprint density at radius 1 is 1.32 bits per heavy atom. The molecule has 19 heavy (non-hydrogen) atoms. The molecule has 0 aliphatic heterocycles. The van der Waals surface area contributed by atoms with E-state index < -0.39 is 0 Å². The summed E-state index contributed by atoms with van der Waals surface area (Å²) in [5, 5.41) is 17.0. The average Bonchev–Trinajstić information content (AvgIpc) is 2.66. The van der Waals surface area contributed by atoms with Gasteiger partial charge in [-0.3, -0.25) is 4.68 Å². The second kappa shape index (κ2) is 5.87. The van der Waals surface area contributed by atoms with Gasteiger partial charge in [0.25, 0.3) is 0 Å². The van der Waals surface area contributed by atoms with Gasteiger partial charge in [-0.05, 0) is 24.6 Å². The van der Waals surface area contributed by atoms with E-state index in [1.165, 1.54) is 0 Å². The molecule has 0 unspecified atom stereocenters. The summed E-state index contributed by atoms with van der Waals surface area (Å²) in [7, 11) is 1.83. The van der Waals surface area contributed by atoms with Gasteiger partial charge in [-0.15, -0.1) is 0 Å². The van der Waals surface area contributed by atoms with Crippen LogP contribution >= 0.6 is 11.6 Å². The van der Waals surface area contributed by atoms with Gasteiger partial charge in [0.1, 0.15) is 5.15 Å². The highest BCUT2D eigenvalue weighted by Gasteiger charge is 2.10. The van der Waals surface area contributed by atoms with Crippen LogP contribution in [0, 0.1) is 18.3 Å². The van der Waals surface area contributed by atoms with E-state index in [9.17, 15) is 0 Å². The zero-order chi connectivity index (χ0) is 13.8. The molecule has 2 aromatic rings. The maximum atomic E-state index is 8.73. The SMILES string of the molecule is Cc1nn(C)c(Cl)c1CNCc1ccc(C#N)cc1. The third kappa shape index (κ3) is 3.14. The standard InChI is InChI=1S/C14H15ClN4/c1-10-13(14(15)19(2)18-10)9-17-8-12-5-3-11(7-16)4-6-12/h3-6,17H,8-9H2,1-2H3. The highest BCUT2D eigenvalue weighted by molar-refractivity contribution is 6.30. The third-order valence-corrected chi connectivity index (χ3v) is 3.46. The van der Waals surface area contributed by atoms with Crippen molar-refractivity contribution in [3.8, 4) is 6.07 Å². The zero-order valence-electron chi connectivity index (χ0n) is 10.9. The number of aryl methyl sites for hydroxylation is 2. The minimum atomic E-state index is 0.671. The van der Waals surface area contributed by atoms with Crippen LogP contribution in [0.15, 0.2) is 24.3 Å². The third-order valence-electron chi connectivity index (χ3n) is 2.98. The molecule has 0 fully saturated rings. The molecule has 1 aromatic carbocycles. The first-order valence-electron chi connectivity index (χ1n) is 5.99. The summed E-state index contributed by atoms with van der Waals surface area (Å²) in [4.78, 5) is 0. The molecule has 1 heterocycles. The Labute approximate surface area is 117 Å². The molecule has 1 aromatic heterocycles. The molecular formula is C14H15ClN4. The number of aromatic nitrogens is 2. The first kappa shape index (κ1) is 13.6. The highest BCUT2D eigenvalue weighted by Crippen LogP contribution is 2.18. The predicted molar refractivity (Wildman–Crippen MR) is 74.7 cm³/mol. The number of nitrogens with one attached hydrogen (secondary N) is 1. The highest BCUT2D eigenvalue weighted by atomic mass is 35.5. The van der Waals surface area contributed by atoms with Crippen molar-refractivity contribution in [2.24, 2.45) is 7.05 Å². The fourth-order valence-corrected chi connectivity index (χ4v) is 2.15. The molecule has 0 amide bonds. The number of nitrogens with zero attached hydrogens (tertiary/aromatic N) is 3. The van der Waals surface area contributed by atoms with Gasteiger partial charge in [-0.25, -0.2) is 0 Å². The number of nitriles is 1. The normalized spacial score (nSPS) is 10.4. The number of rotatable bonds is 4. The van der Waals surface area contributed by atoms with Crippen LogP contribution in [-0.2, 0) is 20.1 Å². The molecule has 0 bridgehead atoms. The molecule has 0 aliphatic rings. The van der Waals surface area contributed by atoms with Crippen LogP contribution in [0.5, 0.6) is 0 Å². The van der Waals surface area contributed by atoms with Crippen LogP contribution in [0.2, 0.25) is 5.15 Å². The van der Waals surface area contributed by atoms with Gasteiger partial charge in [-0.1, -0.05) is 23.7 Å². The quantitative estimate of drug-likeness (QED) is 0.932. The van der Waals surface area contributed by atoms with Gasteiger partial charge in [0, 0.05) is 25.7 Å². The zero-order valence-corrected chi connectivity index (χ0v) is 11.7. The van der Waals surface area contributed by atoms with Gasteiger partial charge in [0.15, 0.2) is 0 Å². The number of hydrogen-bond donors (Lipinski definition) is 1. The van der Waals surface area contributed by atoms with E-state index in [4.69, 9.17) is 16.9 Å². The summed E-state index contributed by atoms with van der Waals surface area (Å²) in [6.07, 6.45) is 0. The van der Waals surface area contributed by atoms with Crippen molar-refractivity contribution >= 4 is 11.6 Å². The molecule has 0 saturated carbocycles. The second-order valence-electron chi connectivity index (χ2n) is 4.39. The van der Waals surface area contributed by atoms with E-state index in [1.54, 1.807) is 4.68 Å². The van der Waals surface area contributed by atoms with Gasteiger partial charge in [-0.2, -0.15) is 10.4 Å². The van der Waals surface area contributed by atoms with E-state index in [0.29, 0.717) is 17.3 Å². The van der Waals surface area contributed by atoms with Crippen LogP contribution in [0.4, 0.5) is 0 Å². The van der Waals surface area contributed by atoms with Crippen molar-refractivity contribution in [3.63, 3.8) is 0 Å². The van der Waals surface area contributed by atoms with Crippen LogP contribution in [0.25, 0.3) is 0 Å². The molecule has 0 saturated heterocycles. The molecule has 5 heteroatoms. The van der Waals surface area contributed by atoms with Gasteiger partial charge >= 0.3 is 0 Å². The van der Waals surface area contributed by atoms with Crippen molar-refractivity contribution in [2.45, 2.75) is 20.0 Å². The molecule has 0 atom stereocenters. The van der Waals surface area contributed by atoms with Gasteiger partial charge < -0.3 is 5.32 Å². The van der Waals surface area contributed by atoms with Crippen molar-refractivity contribution in [2.75, 3.05) is 0 Å². The Morgan fingerprint density at radius 2 is 2.00 bits per heavy atom. The predicted octanol–water partition coefficient (Wildman–Crippen LogP) is 2.54. The summed E-state index contributed by atoms with van der Waals surface area (Å²) in [5.74, 6) is 0. The van der Waals surface area contributed by atoms with Crippen molar-refractivity contribution < 1.29 is 0 Å². The fraction of sp³-hybridized carbons (Fsp3) is 0.286. The molecule has 0 aliphatic carbocycles. The lowest BCUT2D eigenvalue weighted by Gasteiger charge is -2.05.